The monoisotopic (exact) mass is 489 g/mol. The van der Waals surface area contributed by atoms with E-state index in [1.54, 1.807) is 24.3 Å². The number of halogens is 3. The van der Waals surface area contributed by atoms with E-state index in [0.717, 1.165) is 20.9 Å². The standard InChI is InChI=1S/C17H10Cl2INO2S/c18-13-2-1-3-14(19)12(13)8-15-16(22)21(17(23)24-15)9-10-4-6-11(20)7-5-10/h1-8H,9H2/b15-8+. The zero-order valence-corrected chi connectivity index (χ0v) is 16.6. The number of hydrogen-bond donors (Lipinski definition) is 0. The second kappa shape index (κ2) is 7.47. The van der Waals surface area contributed by atoms with Crippen LogP contribution in [0.25, 0.3) is 6.08 Å². The molecule has 1 aliphatic heterocycles. The minimum absolute atomic E-state index is 0.245. The normalized spacial score (nSPS) is 16.3. The highest BCUT2D eigenvalue weighted by atomic mass is 127. The highest BCUT2D eigenvalue weighted by molar-refractivity contribution is 14.1. The fraction of sp³-hybridized carbons (Fsp3) is 0.0588. The van der Waals surface area contributed by atoms with Crippen LogP contribution in [0.15, 0.2) is 47.4 Å². The zero-order valence-electron chi connectivity index (χ0n) is 12.1. The van der Waals surface area contributed by atoms with Gasteiger partial charge in [-0.15, -0.1) is 0 Å². The molecule has 0 spiro atoms. The second-order valence-electron chi connectivity index (χ2n) is 5.03. The van der Waals surface area contributed by atoms with Crippen LogP contribution in [0.4, 0.5) is 4.79 Å². The van der Waals surface area contributed by atoms with Crippen molar-refractivity contribution in [3.8, 4) is 0 Å². The summed E-state index contributed by atoms with van der Waals surface area (Å²) in [7, 11) is 0. The molecule has 24 heavy (non-hydrogen) atoms. The molecule has 1 fully saturated rings. The number of carbonyl (C=O) groups is 2. The molecular formula is C17H10Cl2INO2S. The lowest BCUT2D eigenvalue weighted by Gasteiger charge is -2.12. The maximum absolute atomic E-state index is 12.5. The Kier molecular flexibility index (Phi) is 5.54. The first-order valence-electron chi connectivity index (χ1n) is 6.89. The summed E-state index contributed by atoms with van der Waals surface area (Å²) in [5, 5.41) is 0.576. The molecule has 1 heterocycles. The molecule has 0 aromatic heterocycles. The molecule has 122 valence electrons. The molecule has 7 heteroatoms. The van der Waals surface area contributed by atoms with Crippen LogP contribution in [-0.4, -0.2) is 16.0 Å². The molecule has 0 aliphatic carbocycles. The Bertz CT molecular complexity index is 832. The summed E-state index contributed by atoms with van der Waals surface area (Å²) in [6, 6.07) is 12.8. The van der Waals surface area contributed by atoms with Crippen molar-refractivity contribution in [3.05, 3.63) is 72.1 Å². The number of carbonyl (C=O) groups excluding carboxylic acids is 2. The molecule has 3 rings (SSSR count). The van der Waals surface area contributed by atoms with E-state index >= 15 is 0 Å². The Hall–Kier alpha value is -1.02. The van der Waals surface area contributed by atoms with Crippen molar-refractivity contribution in [1.82, 2.24) is 4.90 Å². The number of benzene rings is 2. The van der Waals surface area contributed by atoms with Crippen molar-refractivity contribution < 1.29 is 9.59 Å². The van der Waals surface area contributed by atoms with Crippen LogP contribution in [0.1, 0.15) is 11.1 Å². The van der Waals surface area contributed by atoms with E-state index in [1.807, 2.05) is 24.3 Å². The van der Waals surface area contributed by atoms with Crippen LogP contribution < -0.4 is 0 Å². The van der Waals surface area contributed by atoms with Crippen molar-refractivity contribution in [1.29, 1.82) is 0 Å². The lowest BCUT2D eigenvalue weighted by Crippen LogP contribution is -2.27. The summed E-state index contributed by atoms with van der Waals surface area (Å²) in [4.78, 5) is 26.3. The van der Waals surface area contributed by atoms with E-state index in [0.29, 0.717) is 20.5 Å². The average Bonchev–Trinajstić information content (AvgIpc) is 2.80. The van der Waals surface area contributed by atoms with E-state index in [-0.39, 0.29) is 17.7 Å². The van der Waals surface area contributed by atoms with Gasteiger partial charge in [-0.3, -0.25) is 14.5 Å². The third-order valence-corrected chi connectivity index (χ3v) is 5.69. The van der Waals surface area contributed by atoms with Crippen molar-refractivity contribution >= 4 is 74.8 Å². The van der Waals surface area contributed by atoms with Gasteiger partial charge in [0.15, 0.2) is 0 Å². The minimum atomic E-state index is -0.334. The fourth-order valence-corrected chi connectivity index (χ4v) is 3.87. The van der Waals surface area contributed by atoms with Gasteiger partial charge >= 0.3 is 0 Å². The van der Waals surface area contributed by atoms with Crippen molar-refractivity contribution in [2.45, 2.75) is 6.54 Å². The first-order chi connectivity index (χ1) is 11.5. The van der Waals surface area contributed by atoms with Crippen LogP contribution in [0.2, 0.25) is 10.0 Å². The Morgan fingerprint density at radius 1 is 1.04 bits per heavy atom. The van der Waals surface area contributed by atoms with Gasteiger partial charge in [0.25, 0.3) is 11.1 Å². The van der Waals surface area contributed by atoms with Crippen LogP contribution in [-0.2, 0) is 11.3 Å². The van der Waals surface area contributed by atoms with E-state index in [2.05, 4.69) is 22.6 Å². The van der Waals surface area contributed by atoms with E-state index in [4.69, 9.17) is 23.2 Å². The zero-order chi connectivity index (χ0) is 17.3. The summed E-state index contributed by atoms with van der Waals surface area (Å²) in [5.74, 6) is -0.334. The molecule has 0 unspecified atom stereocenters. The van der Waals surface area contributed by atoms with Gasteiger partial charge in [-0.1, -0.05) is 41.4 Å². The molecule has 1 aliphatic rings. The van der Waals surface area contributed by atoms with Crippen LogP contribution in [0.5, 0.6) is 0 Å². The van der Waals surface area contributed by atoms with Gasteiger partial charge in [0.05, 0.1) is 11.4 Å². The van der Waals surface area contributed by atoms with Crippen LogP contribution in [0, 0.1) is 3.57 Å². The van der Waals surface area contributed by atoms with Crippen molar-refractivity contribution in [2.24, 2.45) is 0 Å². The number of nitrogens with zero attached hydrogens (tertiary/aromatic N) is 1. The fourth-order valence-electron chi connectivity index (χ4n) is 2.19. The molecule has 3 nitrogen and oxygen atoms in total. The van der Waals surface area contributed by atoms with Gasteiger partial charge in [0.1, 0.15) is 0 Å². The first kappa shape index (κ1) is 17.8. The Labute approximate surface area is 167 Å². The van der Waals surface area contributed by atoms with Gasteiger partial charge < -0.3 is 0 Å². The van der Waals surface area contributed by atoms with Gasteiger partial charge in [-0.2, -0.15) is 0 Å². The van der Waals surface area contributed by atoms with Gasteiger partial charge in [-0.05, 0) is 70.3 Å². The number of imide groups is 1. The lowest BCUT2D eigenvalue weighted by molar-refractivity contribution is -0.123. The summed E-state index contributed by atoms with van der Waals surface area (Å²) >= 11 is 15.3. The number of amides is 2. The van der Waals surface area contributed by atoms with E-state index < -0.39 is 0 Å². The maximum Gasteiger partial charge on any atom is 0.293 e. The summed E-state index contributed by atoms with van der Waals surface area (Å²) in [6.07, 6.45) is 1.57. The molecule has 0 N–H and O–H groups in total. The topological polar surface area (TPSA) is 37.4 Å². The number of hydrogen-bond acceptors (Lipinski definition) is 3. The predicted molar refractivity (Wildman–Crippen MR) is 107 cm³/mol. The van der Waals surface area contributed by atoms with Crippen LogP contribution in [0.3, 0.4) is 0 Å². The molecular weight excluding hydrogens is 480 g/mol. The Morgan fingerprint density at radius 3 is 2.29 bits per heavy atom. The van der Waals surface area contributed by atoms with E-state index in [1.165, 1.54) is 4.90 Å². The highest BCUT2D eigenvalue weighted by Gasteiger charge is 2.35. The molecule has 2 aromatic rings. The lowest BCUT2D eigenvalue weighted by atomic mass is 10.2. The van der Waals surface area contributed by atoms with E-state index in [9.17, 15) is 9.59 Å². The first-order valence-corrected chi connectivity index (χ1v) is 9.54. The molecule has 2 aromatic carbocycles. The highest BCUT2D eigenvalue weighted by Crippen LogP contribution is 2.36. The molecule has 1 saturated heterocycles. The summed E-state index contributed by atoms with van der Waals surface area (Å²) in [6.45, 7) is 0.245. The summed E-state index contributed by atoms with van der Waals surface area (Å²) in [5.41, 5.74) is 1.44. The SMILES string of the molecule is O=C1S/C(=C/c2c(Cl)cccc2Cl)C(=O)N1Cc1ccc(I)cc1. The Morgan fingerprint density at radius 2 is 1.67 bits per heavy atom. The van der Waals surface area contributed by atoms with Gasteiger partial charge in [0, 0.05) is 19.2 Å². The Balaban J connectivity index is 1.86. The maximum atomic E-state index is 12.5. The largest absolute Gasteiger partial charge is 0.293 e. The molecule has 2 amide bonds. The molecule has 0 radical (unpaired) electrons. The van der Waals surface area contributed by atoms with Crippen LogP contribution >= 0.6 is 57.6 Å². The van der Waals surface area contributed by atoms with Crippen molar-refractivity contribution in [3.63, 3.8) is 0 Å². The van der Waals surface area contributed by atoms with Gasteiger partial charge in [-0.25, -0.2) is 0 Å². The minimum Gasteiger partial charge on any atom is -0.268 e. The molecule has 0 atom stereocenters. The number of rotatable bonds is 3. The molecule has 0 bridgehead atoms. The molecule has 0 saturated carbocycles. The van der Waals surface area contributed by atoms with Crippen molar-refractivity contribution in [2.75, 3.05) is 0 Å². The quantitative estimate of drug-likeness (QED) is 0.401. The third-order valence-electron chi connectivity index (χ3n) is 3.40. The average molecular weight is 490 g/mol. The van der Waals surface area contributed by atoms with Gasteiger partial charge in [0.2, 0.25) is 0 Å². The second-order valence-corrected chi connectivity index (χ2v) is 8.08. The number of thioether (sulfide) groups is 1. The summed E-state index contributed by atoms with van der Waals surface area (Å²) < 4.78 is 1.10. The predicted octanol–water partition coefficient (Wildman–Crippen LogP) is 5.83. The third kappa shape index (κ3) is 3.79. The smallest absolute Gasteiger partial charge is 0.268 e.